The van der Waals surface area contributed by atoms with Crippen LogP contribution in [0.25, 0.3) is 22.9 Å². The van der Waals surface area contributed by atoms with E-state index in [0.29, 0.717) is 5.69 Å². The molecule has 182 valence electrons. The maximum absolute atomic E-state index is 13.8. The average Bonchev–Trinajstić information content (AvgIpc) is 3.28. The van der Waals surface area contributed by atoms with E-state index >= 15 is 0 Å². The number of likely N-dealkylation sites (N-methyl/N-ethyl adjacent to an activating group) is 1. The minimum Gasteiger partial charge on any atom is -0.379 e. The number of aromatic nitrogens is 3. The lowest BCUT2D eigenvalue weighted by Crippen LogP contribution is -2.32. The Hall–Kier alpha value is -2.98. The molecule has 0 saturated carbocycles. The molecule has 0 spiro atoms. The van der Waals surface area contributed by atoms with Gasteiger partial charge in [0.15, 0.2) is 5.15 Å². The van der Waals surface area contributed by atoms with Crippen molar-refractivity contribution in [3.05, 3.63) is 84.0 Å². The Morgan fingerprint density at radius 2 is 1.89 bits per heavy atom. The van der Waals surface area contributed by atoms with Gasteiger partial charge in [0.25, 0.3) is 0 Å². The van der Waals surface area contributed by atoms with Gasteiger partial charge >= 0.3 is 0 Å². The van der Waals surface area contributed by atoms with Crippen LogP contribution in [0.1, 0.15) is 5.69 Å². The Kier molecular flexibility index (Phi) is 8.35. The lowest BCUT2D eigenvalue weighted by Gasteiger charge is -2.21. The predicted octanol–water partition coefficient (Wildman–Crippen LogP) is 6.04. The summed E-state index contributed by atoms with van der Waals surface area (Å²) in [5, 5.41) is 0.245. The fraction of sp³-hybridized carbons (Fsp3) is 0.200. The lowest BCUT2D eigenvalue weighted by molar-refractivity contribution is 0.0503. The molecule has 0 aliphatic carbocycles. The van der Waals surface area contributed by atoms with E-state index in [2.05, 4.69) is 33.2 Å². The molecule has 1 aliphatic heterocycles. The molecular formula is C25H24ClF2N5OS. The highest BCUT2D eigenvalue weighted by atomic mass is 35.5. The Labute approximate surface area is 211 Å². The van der Waals surface area contributed by atoms with Crippen LogP contribution in [0.15, 0.2) is 66.5 Å². The number of morpholine rings is 1. The number of anilines is 1. The van der Waals surface area contributed by atoms with Crippen LogP contribution in [0.5, 0.6) is 0 Å². The first kappa shape index (κ1) is 25.1. The highest BCUT2D eigenvalue weighted by Gasteiger charge is 2.10. The number of nitrogens with zero attached hydrogens (tertiary/aromatic N) is 4. The first-order chi connectivity index (χ1) is 16.9. The number of ether oxygens (including phenoxy) is 1. The van der Waals surface area contributed by atoms with Crippen LogP contribution in [0.2, 0.25) is 5.15 Å². The molecule has 35 heavy (non-hydrogen) atoms. The van der Waals surface area contributed by atoms with Crippen LogP contribution in [-0.4, -0.2) is 52.6 Å². The number of pyridine rings is 2. The maximum Gasteiger partial charge on any atom is 0.152 e. The van der Waals surface area contributed by atoms with Crippen molar-refractivity contribution < 1.29 is 13.5 Å². The van der Waals surface area contributed by atoms with E-state index in [1.165, 1.54) is 12.1 Å². The van der Waals surface area contributed by atoms with E-state index in [1.807, 2.05) is 28.8 Å². The summed E-state index contributed by atoms with van der Waals surface area (Å²) in [6, 6.07) is 9.02. The molecule has 1 aliphatic rings. The fourth-order valence-electron chi connectivity index (χ4n) is 3.32. The van der Waals surface area contributed by atoms with Gasteiger partial charge in [-0.25, -0.2) is 18.7 Å². The van der Waals surface area contributed by atoms with Crippen molar-refractivity contribution in [2.24, 2.45) is 0 Å². The zero-order chi connectivity index (χ0) is 24.8. The molecule has 1 saturated heterocycles. The van der Waals surface area contributed by atoms with Crippen LogP contribution in [0.3, 0.4) is 0 Å². The van der Waals surface area contributed by atoms with Gasteiger partial charge in [0, 0.05) is 42.7 Å². The van der Waals surface area contributed by atoms with E-state index < -0.39 is 11.6 Å². The number of hydrogen-bond acceptors (Lipinski definition) is 6. The third-order valence-electron chi connectivity index (χ3n) is 5.32. The quantitative estimate of drug-likeness (QED) is 0.258. The summed E-state index contributed by atoms with van der Waals surface area (Å²) in [6.07, 6.45) is 7.06. The number of imidazole rings is 1. The summed E-state index contributed by atoms with van der Waals surface area (Å²) in [7, 11) is 2.11. The van der Waals surface area contributed by atoms with E-state index in [9.17, 15) is 8.78 Å². The molecule has 3 aromatic heterocycles. The first-order valence-corrected chi connectivity index (χ1v) is 12.0. The van der Waals surface area contributed by atoms with Crippen LogP contribution in [0, 0.1) is 11.6 Å². The molecule has 10 heteroatoms. The zero-order valence-corrected chi connectivity index (χ0v) is 20.6. The molecule has 1 aromatic carbocycles. The van der Waals surface area contributed by atoms with Gasteiger partial charge in [-0.05, 0) is 55.4 Å². The van der Waals surface area contributed by atoms with Gasteiger partial charge in [-0.1, -0.05) is 18.2 Å². The second-order valence-corrected chi connectivity index (χ2v) is 9.00. The van der Waals surface area contributed by atoms with E-state index in [-0.39, 0.29) is 10.0 Å². The lowest BCUT2D eigenvalue weighted by atomic mass is 10.1. The molecule has 4 aromatic rings. The number of halogens is 3. The van der Waals surface area contributed by atoms with Gasteiger partial charge < -0.3 is 14.4 Å². The van der Waals surface area contributed by atoms with Crippen LogP contribution < -0.4 is 4.72 Å². The predicted molar refractivity (Wildman–Crippen MR) is 138 cm³/mol. The van der Waals surface area contributed by atoms with Crippen LogP contribution >= 0.6 is 23.5 Å². The summed E-state index contributed by atoms with van der Waals surface area (Å²) in [5.74, 6) is -1.28. The average molecular weight is 516 g/mol. The molecule has 4 heterocycles. The summed E-state index contributed by atoms with van der Waals surface area (Å²) in [6.45, 7) is 7.81. The Morgan fingerprint density at radius 1 is 1.09 bits per heavy atom. The molecule has 0 unspecified atom stereocenters. The standard InChI is InChI=1S/C20H13ClF2N4S.C5H11NO/c1-2-15-10-24-19-6-3-12(11-27(15)19)13-7-17(20(21)25-9-13)26-28-18-5-4-14(22)8-16(18)23;1-6-2-4-7-5-3-6/h2-11,26H,1H2;2-5H2,1H3. The number of benzene rings is 1. The van der Waals surface area contributed by atoms with Crippen molar-refractivity contribution in [1.29, 1.82) is 0 Å². The summed E-state index contributed by atoms with van der Waals surface area (Å²) in [4.78, 5) is 11.0. The summed E-state index contributed by atoms with van der Waals surface area (Å²) >= 11 is 7.16. The Balaban J connectivity index is 0.000000356. The molecule has 1 fully saturated rings. The molecule has 5 rings (SSSR count). The maximum atomic E-state index is 13.8. The molecule has 6 nitrogen and oxygen atoms in total. The summed E-state index contributed by atoms with van der Waals surface area (Å²) in [5.41, 5.74) is 3.92. The molecule has 1 N–H and O–H groups in total. The molecule has 0 radical (unpaired) electrons. The van der Waals surface area contributed by atoms with E-state index in [1.54, 1.807) is 18.5 Å². The minimum atomic E-state index is -0.653. The molecular weight excluding hydrogens is 492 g/mol. The van der Waals surface area contributed by atoms with Crippen molar-refractivity contribution >= 4 is 41.0 Å². The van der Waals surface area contributed by atoms with Crippen molar-refractivity contribution in [2.75, 3.05) is 38.1 Å². The number of fused-ring (bicyclic) bond motifs is 1. The Morgan fingerprint density at radius 3 is 2.57 bits per heavy atom. The Bertz CT molecular complexity index is 1330. The number of nitrogens with one attached hydrogen (secondary N) is 1. The van der Waals surface area contributed by atoms with Crippen molar-refractivity contribution in [3.8, 4) is 11.1 Å². The fourth-order valence-corrected chi connectivity index (χ4v) is 4.20. The molecule has 0 bridgehead atoms. The zero-order valence-electron chi connectivity index (χ0n) is 19.0. The topological polar surface area (TPSA) is 54.7 Å². The third-order valence-corrected chi connectivity index (χ3v) is 6.49. The van der Waals surface area contributed by atoms with Gasteiger partial charge in [0.05, 0.1) is 35.7 Å². The largest absolute Gasteiger partial charge is 0.379 e. The SMILES string of the molecule is C=Cc1cnc2ccc(-c3cnc(Cl)c(NSc4ccc(F)cc4F)c3)cn12.CN1CCOCC1. The van der Waals surface area contributed by atoms with Gasteiger partial charge in [-0.3, -0.25) is 4.40 Å². The second kappa shape index (κ2) is 11.6. The van der Waals surface area contributed by atoms with E-state index in [0.717, 1.165) is 66.8 Å². The monoisotopic (exact) mass is 515 g/mol. The van der Waals surface area contributed by atoms with Crippen LogP contribution in [0.4, 0.5) is 14.5 Å². The van der Waals surface area contributed by atoms with Gasteiger partial charge in [0.1, 0.15) is 17.3 Å². The minimum absolute atomic E-state index is 0.245. The van der Waals surface area contributed by atoms with Crippen molar-refractivity contribution in [1.82, 2.24) is 19.3 Å². The highest BCUT2D eigenvalue weighted by molar-refractivity contribution is 8.00. The van der Waals surface area contributed by atoms with Gasteiger partial charge in [-0.2, -0.15) is 0 Å². The van der Waals surface area contributed by atoms with Crippen molar-refractivity contribution in [2.45, 2.75) is 4.90 Å². The number of hydrogen-bond donors (Lipinski definition) is 1. The third kappa shape index (κ3) is 6.37. The second-order valence-electron chi connectivity index (χ2n) is 7.79. The normalized spacial score (nSPS) is 13.8. The first-order valence-electron chi connectivity index (χ1n) is 10.8. The van der Waals surface area contributed by atoms with E-state index in [4.69, 9.17) is 16.3 Å². The van der Waals surface area contributed by atoms with Crippen molar-refractivity contribution in [3.63, 3.8) is 0 Å². The highest BCUT2D eigenvalue weighted by Crippen LogP contribution is 2.31. The summed E-state index contributed by atoms with van der Waals surface area (Å²) < 4.78 is 36.9. The van der Waals surface area contributed by atoms with Gasteiger partial charge in [-0.15, -0.1) is 0 Å². The van der Waals surface area contributed by atoms with Crippen LogP contribution in [-0.2, 0) is 4.74 Å². The number of rotatable bonds is 5. The molecule has 0 amide bonds. The van der Waals surface area contributed by atoms with Gasteiger partial charge in [0.2, 0.25) is 0 Å². The molecule has 0 atom stereocenters. The smallest absolute Gasteiger partial charge is 0.152 e.